The van der Waals surface area contributed by atoms with Crippen molar-refractivity contribution in [3.05, 3.63) is 140 Å². The predicted octanol–water partition coefficient (Wildman–Crippen LogP) is 14.4. The van der Waals surface area contributed by atoms with Crippen LogP contribution in [0.1, 0.15) is 169 Å². The number of hydrogen-bond acceptors (Lipinski definition) is 5. The summed E-state index contributed by atoms with van der Waals surface area (Å²) in [6.07, 6.45) is 4.83. The van der Waals surface area contributed by atoms with Gasteiger partial charge in [0.05, 0.1) is 19.8 Å². The number of hydrogen-bond donors (Lipinski definition) is 1. The minimum absolute atomic E-state index is 0.105. The van der Waals surface area contributed by atoms with Crippen LogP contribution in [-0.2, 0) is 41.9 Å². The molecule has 0 amide bonds. The molecule has 5 aromatic rings. The summed E-state index contributed by atoms with van der Waals surface area (Å²) in [5.41, 5.74) is 12.7. The van der Waals surface area contributed by atoms with Gasteiger partial charge in [0.2, 0.25) is 0 Å². The molecule has 0 aliphatic heterocycles. The molecule has 0 heterocycles. The average Bonchev–Trinajstić information content (AvgIpc) is 3.17. The Morgan fingerprint density at radius 1 is 0.426 bits per heavy atom. The summed E-state index contributed by atoms with van der Waals surface area (Å²) in [6.45, 7) is 30.9. The van der Waals surface area contributed by atoms with Crippen molar-refractivity contribution >= 4 is 0 Å². The third kappa shape index (κ3) is 11.0. The first-order valence-electron chi connectivity index (χ1n) is 22.8. The third-order valence-electron chi connectivity index (χ3n) is 11.7. The maximum atomic E-state index is 12.5. The van der Waals surface area contributed by atoms with Crippen LogP contribution in [0.2, 0.25) is 0 Å². The summed E-state index contributed by atoms with van der Waals surface area (Å²) >= 11 is 0. The molecule has 0 spiro atoms. The number of ether oxygens (including phenoxy) is 4. The number of fused-ring (bicyclic) bond motifs is 8. The lowest BCUT2D eigenvalue weighted by Crippen LogP contribution is -2.17. The number of benzene rings is 5. The fourth-order valence-corrected chi connectivity index (χ4v) is 8.14. The molecule has 8 bridgehead atoms. The first kappa shape index (κ1) is 45.6. The second-order valence-electron chi connectivity index (χ2n) is 20.4. The van der Waals surface area contributed by atoms with E-state index < -0.39 is 0 Å². The van der Waals surface area contributed by atoms with Crippen LogP contribution >= 0.6 is 0 Å². The minimum atomic E-state index is -0.139. The van der Waals surface area contributed by atoms with Gasteiger partial charge in [-0.2, -0.15) is 0 Å². The maximum Gasteiger partial charge on any atom is 0.128 e. The largest absolute Gasteiger partial charge is 0.507 e. The molecule has 0 saturated heterocycles. The summed E-state index contributed by atoms with van der Waals surface area (Å²) in [7, 11) is 0. The van der Waals surface area contributed by atoms with E-state index in [-0.39, 0.29) is 22.0 Å². The second kappa shape index (κ2) is 18.6. The van der Waals surface area contributed by atoms with Crippen molar-refractivity contribution < 1.29 is 24.1 Å². The molecular formula is C56H72O5. The predicted molar refractivity (Wildman–Crippen MR) is 253 cm³/mol. The first-order chi connectivity index (χ1) is 28.8. The molecule has 1 N–H and O–H groups in total. The summed E-state index contributed by atoms with van der Waals surface area (Å²) in [5, 5.41) is 12.5. The van der Waals surface area contributed by atoms with E-state index in [1.807, 2.05) is 24.3 Å². The van der Waals surface area contributed by atoms with E-state index in [1.165, 1.54) is 22.3 Å². The van der Waals surface area contributed by atoms with Crippen molar-refractivity contribution in [3.63, 3.8) is 0 Å². The monoisotopic (exact) mass is 825 g/mol. The lowest BCUT2D eigenvalue weighted by Gasteiger charge is -2.28. The van der Waals surface area contributed by atoms with Gasteiger partial charge in [0.15, 0.2) is 0 Å². The third-order valence-corrected chi connectivity index (χ3v) is 11.7. The highest BCUT2D eigenvalue weighted by Crippen LogP contribution is 2.44. The van der Waals surface area contributed by atoms with E-state index in [4.69, 9.17) is 18.9 Å². The van der Waals surface area contributed by atoms with Crippen LogP contribution in [0.4, 0.5) is 0 Å². The van der Waals surface area contributed by atoms with Crippen molar-refractivity contribution in [3.8, 4) is 34.5 Å². The van der Waals surface area contributed by atoms with Gasteiger partial charge in [-0.3, -0.25) is 0 Å². The fourth-order valence-electron chi connectivity index (χ4n) is 8.14. The molecule has 0 aromatic heterocycles. The fraction of sp³-hybridized carbons (Fsp3) is 0.464. The van der Waals surface area contributed by atoms with Crippen LogP contribution in [0.15, 0.2) is 72.8 Å². The van der Waals surface area contributed by atoms with E-state index in [0.717, 1.165) is 86.8 Å². The van der Waals surface area contributed by atoms with E-state index in [2.05, 4.69) is 139 Å². The van der Waals surface area contributed by atoms with Crippen LogP contribution in [0.5, 0.6) is 34.5 Å². The van der Waals surface area contributed by atoms with Gasteiger partial charge in [-0.25, -0.2) is 0 Å². The summed E-state index contributed by atoms with van der Waals surface area (Å²) < 4.78 is 27.2. The van der Waals surface area contributed by atoms with Crippen LogP contribution in [-0.4, -0.2) is 24.9 Å². The molecule has 5 heteroatoms. The van der Waals surface area contributed by atoms with Gasteiger partial charge in [0.25, 0.3) is 0 Å². The Bertz CT molecular complexity index is 2190. The Morgan fingerprint density at radius 3 is 1.00 bits per heavy atom. The number of phenolic OH excluding ortho intramolecular Hbond substituents is 1. The van der Waals surface area contributed by atoms with Crippen LogP contribution in [0.25, 0.3) is 0 Å². The van der Waals surface area contributed by atoms with Gasteiger partial charge in [-0.15, -0.1) is 0 Å². The van der Waals surface area contributed by atoms with Crippen molar-refractivity contribution in [2.45, 2.75) is 151 Å². The molecule has 6 rings (SSSR count). The molecule has 0 atom stereocenters. The molecule has 5 aromatic carbocycles. The van der Waals surface area contributed by atoms with Crippen LogP contribution in [0, 0.1) is 6.92 Å². The maximum absolute atomic E-state index is 12.5. The summed E-state index contributed by atoms with van der Waals surface area (Å²) in [6, 6.07) is 26.2. The summed E-state index contributed by atoms with van der Waals surface area (Å²) in [4.78, 5) is 0. The number of rotatable bonds is 11. The van der Waals surface area contributed by atoms with E-state index in [1.54, 1.807) is 0 Å². The van der Waals surface area contributed by atoms with E-state index >= 15 is 0 Å². The Kier molecular flexibility index (Phi) is 13.9. The van der Waals surface area contributed by atoms with Gasteiger partial charge in [0.1, 0.15) is 34.5 Å². The molecular weight excluding hydrogens is 753 g/mol. The Labute approximate surface area is 367 Å². The van der Waals surface area contributed by atoms with Gasteiger partial charge in [0, 0.05) is 36.8 Å². The minimum Gasteiger partial charge on any atom is -0.507 e. The van der Waals surface area contributed by atoms with Gasteiger partial charge < -0.3 is 24.1 Å². The lowest BCUT2D eigenvalue weighted by atomic mass is 9.80. The first-order valence-corrected chi connectivity index (χ1v) is 22.8. The Morgan fingerprint density at radius 2 is 0.721 bits per heavy atom. The molecule has 61 heavy (non-hydrogen) atoms. The smallest absolute Gasteiger partial charge is 0.128 e. The van der Waals surface area contributed by atoms with Crippen molar-refractivity contribution in [1.82, 2.24) is 0 Å². The Balaban J connectivity index is 1.74. The zero-order chi connectivity index (χ0) is 44.3. The second-order valence-corrected chi connectivity index (χ2v) is 20.4. The topological polar surface area (TPSA) is 57.2 Å². The van der Waals surface area contributed by atoms with E-state index in [0.29, 0.717) is 51.3 Å². The number of aromatic hydroxyl groups is 1. The van der Waals surface area contributed by atoms with Gasteiger partial charge >= 0.3 is 0 Å². The highest BCUT2D eigenvalue weighted by Gasteiger charge is 2.28. The van der Waals surface area contributed by atoms with Crippen LogP contribution < -0.4 is 18.9 Å². The standard InChI is InChI=1S/C56H72O5/c1-14-21-58-51-39-24-37-34-49(61-48-19-17-36(4)18-20-48)35-38(50(37)57)25-40-29-46(55(8,9)10)31-42(52(40)59-22-15-2)27-44-33-47(56(11,12)13)32-43(53(44)60-23-16-3)26-41(51)30-45(28-39)54(5,6)7/h17-20,28-35,57H,14-16,21-27H2,1-13H3. The zero-order valence-electron chi connectivity index (χ0n) is 39.6. The number of phenols is 1. The molecule has 0 fully saturated rings. The average molecular weight is 825 g/mol. The Hall–Kier alpha value is -4.90. The highest BCUT2D eigenvalue weighted by molar-refractivity contribution is 5.60. The zero-order valence-corrected chi connectivity index (χ0v) is 39.6. The normalized spacial score (nSPS) is 13.2. The molecule has 0 radical (unpaired) electrons. The molecule has 1 aliphatic rings. The molecule has 0 saturated carbocycles. The highest BCUT2D eigenvalue weighted by atomic mass is 16.5. The quantitative estimate of drug-likeness (QED) is 0.141. The van der Waals surface area contributed by atoms with Crippen molar-refractivity contribution in [2.75, 3.05) is 19.8 Å². The number of aryl methyl sites for hydroxylation is 1. The van der Waals surface area contributed by atoms with Gasteiger partial charge in [-0.05, 0) is 117 Å². The van der Waals surface area contributed by atoms with Crippen LogP contribution in [0.3, 0.4) is 0 Å². The van der Waals surface area contributed by atoms with Gasteiger partial charge in [-0.1, -0.05) is 137 Å². The lowest BCUT2D eigenvalue weighted by molar-refractivity contribution is 0.306. The van der Waals surface area contributed by atoms with E-state index in [9.17, 15) is 5.11 Å². The molecule has 326 valence electrons. The molecule has 1 aliphatic carbocycles. The molecule has 0 unspecified atom stereocenters. The summed E-state index contributed by atoms with van der Waals surface area (Å²) in [5.74, 6) is 4.42. The SMILES string of the molecule is CCCOc1c2cc(C(C)(C)C)cc1Cc1cc(C(C)(C)C)cc(c1OCCC)Cc1cc(C(C)(C)C)cc(c1OCCC)Cc1cc(Oc3ccc(C)cc3)cc(c1O)C2. The van der Waals surface area contributed by atoms with Crippen molar-refractivity contribution in [1.29, 1.82) is 0 Å². The molecule has 5 nitrogen and oxygen atoms in total. The van der Waals surface area contributed by atoms with Crippen molar-refractivity contribution in [2.24, 2.45) is 0 Å².